The van der Waals surface area contributed by atoms with Gasteiger partial charge in [0, 0.05) is 31.1 Å². The average molecular weight is 430 g/mol. The zero-order valence-corrected chi connectivity index (χ0v) is 17.8. The molecule has 2 N–H and O–H groups in total. The topological polar surface area (TPSA) is 95.6 Å². The summed E-state index contributed by atoms with van der Waals surface area (Å²) in [5.41, 5.74) is 0.898. The van der Waals surface area contributed by atoms with Crippen LogP contribution in [0.3, 0.4) is 0 Å². The van der Waals surface area contributed by atoms with Crippen molar-refractivity contribution in [3.05, 3.63) is 54.6 Å². The number of sulfonamides is 1. The molecule has 0 unspecified atom stereocenters. The molecule has 0 radical (unpaired) electrons. The van der Waals surface area contributed by atoms with Crippen LogP contribution in [0.15, 0.2) is 59.5 Å². The largest absolute Gasteiger partial charge is 0.343 e. The van der Waals surface area contributed by atoms with E-state index in [0.717, 1.165) is 6.42 Å². The van der Waals surface area contributed by atoms with Crippen LogP contribution in [0.1, 0.15) is 32.6 Å². The van der Waals surface area contributed by atoms with Crippen LogP contribution in [-0.2, 0) is 19.6 Å². The number of anilines is 2. The van der Waals surface area contributed by atoms with Crippen molar-refractivity contribution in [2.24, 2.45) is 5.92 Å². The minimum absolute atomic E-state index is 0.111. The number of carbonyl (C=O) groups excluding carboxylic acids is 2. The average Bonchev–Trinajstić information content (AvgIpc) is 2.74. The zero-order valence-electron chi connectivity index (χ0n) is 17.0. The van der Waals surface area contributed by atoms with Crippen molar-refractivity contribution in [2.45, 2.75) is 37.5 Å². The fourth-order valence-corrected chi connectivity index (χ4v) is 4.55. The first kappa shape index (κ1) is 21.8. The number of piperidine rings is 1. The Morgan fingerprint density at radius 1 is 1.00 bits per heavy atom. The van der Waals surface area contributed by atoms with Crippen LogP contribution < -0.4 is 10.0 Å². The summed E-state index contributed by atoms with van der Waals surface area (Å²) in [6.45, 7) is 3.16. The lowest BCUT2D eigenvalue weighted by Gasteiger charge is -2.31. The fraction of sp³-hybridized carbons (Fsp3) is 0.364. The Hall–Kier alpha value is -2.87. The molecule has 1 saturated heterocycles. The second kappa shape index (κ2) is 9.75. The molecule has 1 aliphatic rings. The summed E-state index contributed by atoms with van der Waals surface area (Å²) in [6.07, 6.45) is 2.62. The van der Waals surface area contributed by atoms with Crippen molar-refractivity contribution in [3.8, 4) is 0 Å². The van der Waals surface area contributed by atoms with E-state index in [1.54, 1.807) is 42.5 Å². The summed E-state index contributed by atoms with van der Waals surface area (Å²) >= 11 is 0. The highest BCUT2D eigenvalue weighted by molar-refractivity contribution is 7.92. The van der Waals surface area contributed by atoms with Crippen molar-refractivity contribution in [1.82, 2.24) is 4.90 Å². The fourth-order valence-electron chi connectivity index (χ4n) is 3.48. The standard InChI is InChI=1S/C22H27N3O4S/c1-2-7-21(26)25-14-12-17(13-15-25)22(27)23-18-8-6-9-19(16-18)24-30(28,29)20-10-4-3-5-11-20/h3-6,8-11,16-17,24H,2,7,12-15H2,1H3,(H,23,27). The molecule has 8 heteroatoms. The first-order valence-electron chi connectivity index (χ1n) is 10.2. The third-order valence-electron chi connectivity index (χ3n) is 5.12. The van der Waals surface area contributed by atoms with E-state index in [2.05, 4.69) is 10.0 Å². The molecule has 0 aromatic heterocycles. The minimum Gasteiger partial charge on any atom is -0.343 e. The number of carbonyl (C=O) groups is 2. The summed E-state index contributed by atoms with van der Waals surface area (Å²) in [5.74, 6) is -0.129. The molecule has 0 saturated carbocycles. The smallest absolute Gasteiger partial charge is 0.261 e. The summed E-state index contributed by atoms with van der Waals surface area (Å²) in [5, 5.41) is 2.87. The van der Waals surface area contributed by atoms with Gasteiger partial charge in [-0.2, -0.15) is 0 Å². The van der Waals surface area contributed by atoms with Gasteiger partial charge in [0.25, 0.3) is 10.0 Å². The Bertz CT molecular complexity index is 984. The van der Waals surface area contributed by atoms with E-state index >= 15 is 0 Å². The maximum absolute atomic E-state index is 12.6. The van der Waals surface area contributed by atoms with E-state index in [-0.39, 0.29) is 22.6 Å². The van der Waals surface area contributed by atoms with E-state index < -0.39 is 10.0 Å². The van der Waals surface area contributed by atoms with Gasteiger partial charge in [0.05, 0.1) is 10.6 Å². The minimum atomic E-state index is -3.70. The van der Waals surface area contributed by atoms with Gasteiger partial charge in [0.1, 0.15) is 0 Å². The molecule has 2 amide bonds. The predicted octanol–water partition coefficient (Wildman–Crippen LogP) is 3.46. The Morgan fingerprint density at radius 2 is 1.67 bits per heavy atom. The lowest BCUT2D eigenvalue weighted by molar-refractivity contribution is -0.134. The van der Waals surface area contributed by atoms with Gasteiger partial charge in [-0.3, -0.25) is 14.3 Å². The Kier molecular flexibility index (Phi) is 7.10. The molecule has 0 atom stereocenters. The number of likely N-dealkylation sites (tertiary alicyclic amines) is 1. The number of hydrogen-bond donors (Lipinski definition) is 2. The molecule has 1 heterocycles. The third kappa shape index (κ3) is 5.60. The highest BCUT2D eigenvalue weighted by Crippen LogP contribution is 2.23. The second-order valence-electron chi connectivity index (χ2n) is 7.39. The highest BCUT2D eigenvalue weighted by atomic mass is 32.2. The van der Waals surface area contributed by atoms with Gasteiger partial charge in [-0.25, -0.2) is 8.42 Å². The molecule has 0 bridgehead atoms. The number of benzene rings is 2. The maximum atomic E-state index is 12.6. The molecule has 1 aliphatic heterocycles. The van der Waals surface area contributed by atoms with Gasteiger partial charge >= 0.3 is 0 Å². The van der Waals surface area contributed by atoms with E-state index in [1.165, 1.54) is 12.1 Å². The Labute approximate surface area is 177 Å². The van der Waals surface area contributed by atoms with Crippen LogP contribution in [0.2, 0.25) is 0 Å². The number of rotatable bonds is 7. The SMILES string of the molecule is CCCC(=O)N1CCC(C(=O)Nc2cccc(NS(=O)(=O)c3ccccc3)c2)CC1. The van der Waals surface area contributed by atoms with Crippen LogP contribution in [0.5, 0.6) is 0 Å². The molecule has 2 aromatic carbocycles. The van der Waals surface area contributed by atoms with Gasteiger partial charge in [0.2, 0.25) is 11.8 Å². The van der Waals surface area contributed by atoms with Crippen LogP contribution in [0.25, 0.3) is 0 Å². The molecular weight excluding hydrogens is 402 g/mol. The molecule has 3 rings (SSSR count). The molecule has 160 valence electrons. The number of amides is 2. The second-order valence-corrected chi connectivity index (χ2v) is 9.08. The van der Waals surface area contributed by atoms with Gasteiger partial charge in [-0.1, -0.05) is 31.2 Å². The zero-order chi connectivity index (χ0) is 21.6. The van der Waals surface area contributed by atoms with Gasteiger partial charge < -0.3 is 10.2 Å². The van der Waals surface area contributed by atoms with Crippen molar-refractivity contribution >= 4 is 33.2 Å². The monoisotopic (exact) mass is 429 g/mol. The summed E-state index contributed by atoms with van der Waals surface area (Å²) in [6, 6.07) is 14.7. The molecular formula is C22H27N3O4S. The lowest BCUT2D eigenvalue weighted by Crippen LogP contribution is -2.41. The van der Waals surface area contributed by atoms with Gasteiger partial charge in [-0.15, -0.1) is 0 Å². The number of nitrogens with zero attached hydrogens (tertiary/aromatic N) is 1. The first-order valence-corrected chi connectivity index (χ1v) is 11.6. The van der Waals surface area contributed by atoms with E-state index in [9.17, 15) is 18.0 Å². The van der Waals surface area contributed by atoms with Crippen LogP contribution in [0, 0.1) is 5.92 Å². The van der Waals surface area contributed by atoms with Gasteiger partial charge in [0.15, 0.2) is 0 Å². The maximum Gasteiger partial charge on any atom is 0.261 e. The van der Waals surface area contributed by atoms with Gasteiger partial charge in [-0.05, 0) is 49.6 Å². The molecule has 30 heavy (non-hydrogen) atoms. The Balaban J connectivity index is 1.59. The molecule has 0 aliphatic carbocycles. The number of hydrogen-bond acceptors (Lipinski definition) is 4. The number of nitrogens with one attached hydrogen (secondary N) is 2. The highest BCUT2D eigenvalue weighted by Gasteiger charge is 2.27. The van der Waals surface area contributed by atoms with Crippen LogP contribution in [0.4, 0.5) is 11.4 Å². The predicted molar refractivity (Wildman–Crippen MR) is 117 cm³/mol. The lowest BCUT2D eigenvalue weighted by atomic mass is 9.95. The van der Waals surface area contributed by atoms with E-state index in [4.69, 9.17) is 0 Å². The molecule has 2 aromatic rings. The molecule has 1 fully saturated rings. The van der Waals surface area contributed by atoms with Crippen LogP contribution in [-0.4, -0.2) is 38.2 Å². The van der Waals surface area contributed by atoms with Crippen molar-refractivity contribution in [2.75, 3.05) is 23.1 Å². The van der Waals surface area contributed by atoms with Crippen molar-refractivity contribution in [3.63, 3.8) is 0 Å². The van der Waals surface area contributed by atoms with E-state index in [1.807, 2.05) is 11.8 Å². The third-order valence-corrected chi connectivity index (χ3v) is 6.52. The normalized spacial score (nSPS) is 14.9. The molecule has 0 spiro atoms. The van der Waals surface area contributed by atoms with Crippen molar-refractivity contribution < 1.29 is 18.0 Å². The first-order chi connectivity index (χ1) is 14.4. The van der Waals surface area contributed by atoms with Crippen molar-refractivity contribution in [1.29, 1.82) is 0 Å². The summed E-state index contributed by atoms with van der Waals surface area (Å²) < 4.78 is 27.5. The molecule has 7 nitrogen and oxygen atoms in total. The summed E-state index contributed by atoms with van der Waals surface area (Å²) in [4.78, 5) is 26.6. The Morgan fingerprint density at radius 3 is 2.33 bits per heavy atom. The quantitative estimate of drug-likeness (QED) is 0.705. The van der Waals surface area contributed by atoms with Crippen LogP contribution >= 0.6 is 0 Å². The summed E-state index contributed by atoms with van der Waals surface area (Å²) in [7, 11) is -3.70. The van der Waals surface area contributed by atoms with E-state index in [0.29, 0.717) is 43.7 Å².